The zero-order valence-electron chi connectivity index (χ0n) is 11.1. The molecule has 1 aliphatic heterocycles. The fraction of sp³-hybridized carbons (Fsp3) is 0.467. The lowest BCUT2D eigenvalue weighted by Crippen LogP contribution is -2.28. The Bertz CT molecular complexity index is 574. The molecule has 0 bridgehead atoms. The van der Waals surface area contributed by atoms with Crippen LogP contribution in [0.2, 0.25) is 0 Å². The molecule has 1 aromatic carbocycles. The van der Waals surface area contributed by atoms with Crippen LogP contribution in [-0.2, 0) is 24.0 Å². The van der Waals surface area contributed by atoms with E-state index in [0.717, 1.165) is 42.2 Å². The van der Waals surface area contributed by atoms with Crippen molar-refractivity contribution in [2.45, 2.75) is 38.7 Å². The summed E-state index contributed by atoms with van der Waals surface area (Å²) in [6.07, 6.45) is 3.90. The lowest BCUT2D eigenvalue weighted by atomic mass is 9.87. The largest absolute Gasteiger partial charge is 0.496 e. The molecule has 1 aliphatic carbocycles. The summed E-state index contributed by atoms with van der Waals surface area (Å²) >= 11 is 0. The van der Waals surface area contributed by atoms with Crippen LogP contribution in [0.4, 0.5) is 0 Å². The molecule has 2 aliphatic rings. The lowest BCUT2D eigenvalue weighted by molar-refractivity contribution is 0.0299. The van der Waals surface area contributed by atoms with Crippen molar-refractivity contribution in [1.82, 2.24) is 0 Å². The molecule has 0 saturated heterocycles. The minimum Gasteiger partial charge on any atom is -0.496 e. The van der Waals surface area contributed by atoms with Crippen LogP contribution < -0.4 is 4.74 Å². The number of esters is 1. The number of hydrogen-bond donors (Lipinski definition) is 0. The molecule has 0 N–H and O–H groups in total. The molecular weight excluding hydrogens is 244 g/mol. The summed E-state index contributed by atoms with van der Waals surface area (Å²) in [4.78, 5) is 23.6. The second-order valence-electron chi connectivity index (χ2n) is 5.15. The van der Waals surface area contributed by atoms with Crippen LogP contribution in [0.1, 0.15) is 50.8 Å². The first-order chi connectivity index (χ1) is 9.17. The highest BCUT2D eigenvalue weighted by Crippen LogP contribution is 2.41. The highest BCUT2D eigenvalue weighted by atomic mass is 16.5. The number of ether oxygens (including phenoxy) is 2. The normalized spacial score (nSPS) is 20.5. The molecule has 1 aromatic rings. The van der Waals surface area contributed by atoms with E-state index in [1.807, 2.05) is 6.92 Å². The van der Waals surface area contributed by atoms with E-state index >= 15 is 0 Å². The maximum atomic E-state index is 12.1. The first kappa shape index (κ1) is 12.2. The summed E-state index contributed by atoms with van der Waals surface area (Å²) in [5.74, 6) is 0.362. The minimum absolute atomic E-state index is 0.192. The summed E-state index contributed by atoms with van der Waals surface area (Å²) in [5, 5.41) is 0. The average molecular weight is 260 g/mol. The standard InChI is InChI=1S/C15H16O4/c1-8-6-11-12(7-16)14(18-2)10-5-3-4-9(10)13(11)15(17)19-8/h7-8H,3-6H2,1-2H3. The van der Waals surface area contributed by atoms with Gasteiger partial charge in [0.1, 0.15) is 11.9 Å². The Morgan fingerprint density at radius 1 is 1.26 bits per heavy atom. The van der Waals surface area contributed by atoms with Crippen LogP contribution >= 0.6 is 0 Å². The highest BCUT2D eigenvalue weighted by Gasteiger charge is 2.34. The predicted molar refractivity (Wildman–Crippen MR) is 69.0 cm³/mol. The molecule has 19 heavy (non-hydrogen) atoms. The van der Waals surface area contributed by atoms with Crippen molar-refractivity contribution in [2.75, 3.05) is 7.11 Å². The molecule has 0 fully saturated rings. The SMILES string of the molecule is COc1c(C=O)c2c(c3c1CCC3)C(=O)OC(C)C2. The fourth-order valence-electron chi connectivity index (χ4n) is 3.27. The van der Waals surface area contributed by atoms with Crippen molar-refractivity contribution >= 4 is 12.3 Å². The van der Waals surface area contributed by atoms with Gasteiger partial charge >= 0.3 is 5.97 Å². The van der Waals surface area contributed by atoms with Gasteiger partial charge in [0.05, 0.1) is 18.2 Å². The molecule has 1 heterocycles. The molecule has 0 saturated carbocycles. The van der Waals surface area contributed by atoms with Gasteiger partial charge in [-0.1, -0.05) is 0 Å². The van der Waals surface area contributed by atoms with Crippen molar-refractivity contribution < 1.29 is 19.1 Å². The highest BCUT2D eigenvalue weighted by molar-refractivity contribution is 5.99. The summed E-state index contributed by atoms with van der Waals surface area (Å²) in [6, 6.07) is 0. The Morgan fingerprint density at radius 3 is 2.68 bits per heavy atom. The third kappa shape index (κ3) is 1.66. The van der Waals surface area contributed by atoms with Crippen molar-refractivity contribution in [3.05, 3.63) is 27.8 Å². The third-order valence-corrected chi connectivity index (χ3v) is 3.99. The fourth-order valence-corrected chi connectivity index (χ4v) is 3.27. The van der Waals surface area contributed by atoms with E-state index in [2.05, 4.69) is 0 Å². The quantitative estimate of drug-likeness (QED) is 0.603. The Balaban J connectivity index is 2.35. The first-order valence-electron chi connectivity index (χ1n) is 6.58. The number of carbonyl (C=O) groups excluding carboxylic acids is 2. The average Bonchev–Trinajstić information content (AvgIpc) is 2.84. The third-order valence-electron chi connectivity index (χ3n) is 3.99. The topological polar surface area (TPSA) is 52.6 Å². The van der Waals surface area contributed by atoms with Crippen LogP contribution in [0.25, 0.3) is 0 Å². The molecule has 0 aromatic heterocycles. The van der Waals surface area contributed by atoms with Gasteiger partial charge in [-0.2, -0.15) is 0 Å². The van der Waals surface area contributed by atoms with E-state index in [1.165, 1.54) is 0 Å². The van der Waals surface area contributed by atoms with Gasteiger partial charge in [-0.3, -0.25) is 4.79 Å². The zero-order chi connectivity index (χ0) is 13.6. The second kappa shape index (κ2) is 4.37. The minimum atomic E-state index is -0.294. The van der Waals surface area contributed by atoms with E-state index in [9.17, 15) is 9.59 Å². The number of hydrogen-bond acceptors (Lipinski definition) is 4. The molecule has 1 atom stereocenters. The number of benzene rings is 1. The van der Waals surface area contributed by atoms with Gasteiger partial charge in [-0.15, -0.1) is 0 Å². The van der Waals surface area contributed by atoms with Crippen LogP contribution in [0.3, 0.4) is 0 Å². The predicted octanol–water partition coefficient (Wildman–Crippen LogP) is 2.10. The van der Waals surface area contributed by atoms with Crippen molar-refractivity contribution in [1.29, 1.82) is 0 Å². The van der Waals surface area contributed by atoms with Crippen molar-refractivity contribution in [3.8, 4) is 5.75 Å². The Hall–Kier alpha value is -1.84. The van der Waals surface area contributed by atoms with Gasteiger partial charge in [0, 0.05) is 6.42 Å². The van der Waals surface area contributed by atoms with Crippen molar-refractivity contribution in [3.63, 3.8) is 0 Å². The first-order valence-corrected chi connectivity index (χ1v) is 6.58. The van der Waals surface area contributed by atoms with Gasteiger partial charge in [-0.05, 0) is 42.9 Å². The van der Waals surface area contributed by atoms with Crippen LogP contribution in [0, 0.1) is 0 Å². The summed E-state index contributed by atoms with van der Waals surface area (Å²) in [5.41, 5.74) is 3.98. The van der Waals surface area contributed by atoms with Gasteiger partial charge in [0.25, 0.3) is 0 Å². The van der Waals surface area contributed by atoms with Gasteiger partial charge in [-0.25, -0.2) is 4.79 Å². The van der Waals surface area contributed by atoms with E-state index in [1.54, 1.807) is 7.11 Å². The molecule has 0 spiro atoms. The molecular formula is C15H16O4. The molecule has 0 amide bonds. The maximum Gasteiger partial charge on any atom is 0.339 e. The number of cyclic esters (lactones) is 1. The van der Waals surface area contributed by atoms with Crippen LogP contribution in [-0.4, -0.2) is 25.5 Å². The van der Waals surface area contributed by atoms with Crippen LogP contribution in [0.15, 0.2) is 0 Å². The molecule has 4 nitrogen and oxygen atoms in total. The van der Waals surface area contributed by atoms with E-state index < -0.39 is 0 Å². The summed E-state index contributed by atoms with van der Waals surface area (Å²) in [7, 11) is 1.58. The maximum absolute atomic E-state index is 12.1. The Labute approximate surface area is 111 Å². The number of aldehydes is 1. The number of carbonyl (C=O) groups is 2. The van der Waals surface area contributed by atoms with Gasteiger partial charge in [0.15, 0.2) is 6.29 Å². The molecule has 3 rings (SSSR count). The monoisotopic (exact) mass is 260 g/mol. The van der Waals surface area contributed by atoms with Crippen molar-refractivity contribution in [2.24, 2.45) is 0 Å². The van der Waals surface area contributed by atoms with Gasteiger partial charge in [0.2, 0.25) is 0 Å². The second-order valence-corrected chi connectivity index (χ2v) is 5.15. The summed E-state index contributed by atoms with van der Waals surface area (Å²) in [6.45, 7) is 1.84. The lowest BCUT2D eigenvalue weighted by Gasteiger charge is -2.26. The zero-order valence-corrected chi connectivity index (χ0v) is 11.1. The summed E-state index contributed by atoms with van der Waals surface area (Å²) < 4.78 is 10.7. The van der Waals surface area contributed by atoms with Crippen LogP contribution in [0.5, 0.6) is 5.75 Å². The number of fused-ring (bicyclic) bond motifs is 3. The molecule has 4 heteroatoms. The molecule has 0 radical (unpaired) electrons. The van der Waals surface area contributed by atoms with Gasteiger partial charge < -0.3 is 9.47 Å². The molecule has 100 valence electrons. The molecule has 1 unspecified atom stereocenters. The Morgan fingerprint density at radius 2 is 2.00 bits per heavy atom. The van der Waals surface area contributed by atoms with E-state index in [-0.39, 0.29) is 12.1 Å². The van der Waals surface area contributed by atoms with E-state index in [0.29, 0.717) is 23.3 Å². The smallest absolute Gasteiger partial charge is 0.339 e. The van der Waals surface area contributed by atoms with E-state index in [4.69, 9.17) is 9.47 Å². The number of rotatable bonds is 2. The number of methoxy groups -OCH3 is 1. The Kier molecular flexibility index (Phi) is 2.81.